The van der Waals surface area contributed by atoms with Crippen LogP contribution in [0.1, 0.15) is 19.3 Å². The maximum absolute atomic E-state index is 13.4. The molecule has 1 N–H and O–H groups in total. The molecule has 1 aliphatic carbocycles. The minimum absolute atomic E-state index is 0.201. The fourth-order valence-corrected chi connectivity index (χ4v) is 2.17. The van der Waals surface area contributed by atoms with Crippen LogP contribution >= 0.6 is 0 Å². The van der Waals surface area contributed by atoms with Crippen molar-refractivity contribution in [3.63, 3.8) is 0 Å². The van der Waals surface area contributed by atoms with Crippen LogP contribution in [0, 0.1) is 17.0 Å². The smallest absolute Gasteiger partial charge is 0.313 e. The number of anilines is 1. The van der Waals surface area contributed by atoms with Crippen LogP contribution in [0.2, 0.25) is 0 Å². The Hall–Kier alpha value is -1.65. The van der Waals surface area contributed by atoms with E-state index in [0.717, 1.165) is 25.3 Å². The van der Waals surface area contributed by atoms with Gasteiger partial charge in [0.1, 0.15) is 11.6 Å². The maximum Gasteiger partial charge on any atom is 0.313 e. The molecule has 5 heteroatoms. The van der Waals surface area contributed by atoms with Gasteiger partial charge in [-0.2, -0.15) is 0 Å². The summed E-state index contributed by atoms with van der Waals surface area (Å²) < 4.78 is 30.9. The second kappa shape index (κ2) is 4.92. The van der Waals surface area contributed by atoms with Crippen molar-refractivity contribution in [1.82, 2.24) is 0 Å². The fraction of sp³-hybridized carbons (Fsp3) is 0.462. The summed E-state index contributed by atoms with van der Waals surface area (Å²) in [7, 11) is 1.35. The van der Waals surface area contributed by atoms with Gasteiger partial charge in [-0.25, -0.2) is 8.78 Å². The van der Waals surface area contributed by atoms with E-state index in [1.807, 2.05) is 0 Å². The predicted octanol–water partition coefficient (Wildman–Crippen LogP) is 2.72. The number of carbonyl (C=O) groups is 1. The van der Waals surface area contributed by atoms with Crippen LogP contribution in [-0.2, 0) is 9.53 Å². The third kappa shape index (κ3) is 2.30. The lowest BCUT2D eigenvalue weighted by atomic mass is 9.68. The van der Waals surface area contributed by atoms with Crippen molar-refractivity contribution in [2.45, 2.75) is 19.3 Å². The molecule has 0 heterocycles. The molecule has 0 spiro atoms. The largest absolute Gasteiger partial charge is 0.469 e. The minimum Gasteiger partial charge on any atom is -0.469 e. The number of rotatable bonds is 4. The number of methoxy groups -OCH3 is 1. The third-order valence-corrected chi connectivity index (χ3v) is 3.48. The van der Waals surface area contributed by atoms with Gasteiger partial charge in [0, 0.05) is 12.6 Å². The molecule has 0 aliphatic heterocycles. The molecule has 1 saturated carbocycles. The Balaban J connectivity index is 2.04. The molecule has 0 atom stereocenters. The lowest BCUT2D eigenvalue weighted by Gasteiger charge is -2.39. The number of benzene rings is 1. The molecule has 1 aromatic carbocycles. The van der Waals surface area contributed by atoms with Crippen LogP contribution in [0.3, 0.4) is 0 Å². The van der Waals surface area contributed by atoms with E-state index >= 15 is 0 Å². The molecule has 0 saturated heterocycles. The molecule has 3 nitrogen and oxygen atoms in total. The van der Waals surface area contributed by atoms with E-state index in [9.17, 15) is 13.6 Å². The highest BCUT2D eigenvalue weighted by Crippen LogP contribution is 2.42. The van der Waals surface area contributed by atoms with E-state index in [1.165, 1.54) is 19.2 Å². The van der Waals surface area contributed by atoms with Crippen LogP contribution in [0.25, 0.3) is 0 Å². The zero-order chi connectivity index (χ0) is 13.2. The Morgan fingerprint density at radius 2 is 2.17 bits per heavy atom. The Morgan fingerprint density at radius 3 is 2.67 bits per heavy atom. The first-order chi connectivity index (χ1) is 8.57. The lowest BCUT2D eigenvalue weighted by Crippen LogP contribution is -2.44. The topological polar surface area (TPSA) is 38.3 Å². The number of hydrogen-bond donors (Lipinski definition) is 1. The standard InChI is InChI=1S/C13H15F2NO2/c1-18-12(17)13(5-2-6-13)8-16-11-4-3-9(14)7-10(11)15/h3-4,7,16H,2,5-6,8H2,1H3. The summed E-state index contributed by atoms with van der Waals surface area (Å²) in [5.74, 6) is -1.55. The predicted molar refractivity (Wildman–Crippen MR) is 63.1 cm³/mol. The van der Waals surface area contributed by atoms with Gasteiger partial charge in [-0.15, -0.1) is 0 Å². The summed E-state index contributed by atoms with van der Waals surface area (Å²) in [6, 6.07) is 3.32. The van der Waals surface area contributed by atoms with E-state index in [2.05, 4.69) is 5.32 Å². The zero-order valence-electron chi connectivity index (χ0n) is 10.1. The highest BCUT2D eigenvalue weighted by atomic mass is 19.1. The number of esters is 1. The first-order valence-electron chi connectivity index (χ1n) is 5.85. The number of halogens is 2. The van der Waals surface area contributed by atoms with Crippen molar-refractivity contribution < 1.29 is 18.3 Å². The second-order valence-electron chi connectivity index (χ2n) is 4.60. The SMILES string of the molecule is COC(=O)C1(CNc2ccc(F)cc2F)CCC1. The van der Waals surface area contributed by atoms with Crippen LogP contribution in [0.15, 0.2) is 18.2 Å². The molecule has 0 aromatic heterocycles. The first kappa shape index (κ1) is 12.8. The summed E-state index contributed by atoms with van der Waals surface area (Å²) in [5, 5.41) is 2.86. The van der Waals surface area contributed by atoms with Crippen LogP contribution < -0.4 is 5.32 Å². The van der Waals surface area contributed by atoms with Crippen LogP contribution in [0.5, 0.6) is 0 Å². The number of hydrogen-bond acceptors (Lipinski definition) is 3. The number of ether oxygens (including phenoxy) is 1. The molecular weight excluding hydrogens is 240 g/mol. The molecule has 0 amide bonds. The van der Waals surface area contributed by atoms with Gasteiger partial charge in [-0.3, -0.25) is 4.79 Å². The quantitative estimate of drug-likeness (QED) is 0.841. The lowest BCUT2D eigenvalue weighted by molar-refractivity contribution is -0.157. The fourth-order valence-electron chi connectivity index (χ4n) is 2.17. The van der Waals surface area contributed by atoms with E-state index in [0.29, 0.717) is 6.54 Å². The van der Waals surface area contributed by atoms with Gasteiger partial charge in [0.05, 0.1) is 18.2 Å². The molecule has 1 aromatic rings. The van der Waals surface area contributed by atoms with Crippen molar-refractivity contribution in [1.29, 1.82) is 0 Å². The Kier molecular flexibility index (Phi) is 3.50. The van der Waals surface area contributed by atoms with E-state index in [-0.39, 0.29) is 11.7 Å². The highest BCUT2D eigenvalue weighted by molar-refractivity contribution is 5.78. The molecule has 0 unspecified atom stereocenters. The average molecular weight is 255 g/mol. The van der Waals surface area contributed by atoms with Crippen molar-refractivity contribution in [3.05, 3.63) is 29.8 Å². The van der Waals surface area contributed by atoms with Gasteiger partial charge >= 0.3 is 5.97 Å². The normalized spacial score (nSPS) is 16.8. The van der Waals surface area contributed by atoms with E-state index < -0.39 is 17.0 Å². The van der Waals surface area contributed by atoms with Gasteiger partial charge in [0.2, 0.25) is 0 Å². The molecule has 18 heavy (non-hydrogen) atoms. The molecule has 2 rings (SSSR count). The summed E-state index contributed by atoms with van der Waals surface area (Å²) >= 11 is 0. The van der Waals surface area contributed by atoms with Crippen molar-refractivity contribution >= 4 is 11.7 Å². The van der Waals surface area contributed by atoms with Crippen molar-refractivity contribution in [2.24, 2.45) is 5.41 Å². The highest BCUT2D eigenvalue weighted by Gasteiger charge is 2.45. The Bertz CT molecular complexity index is 458. The molecule has 98 valence electrons. The van der Waals surface area contributed by atoms with Crippen molar-refractivity contribution in [3.8, 4) is 0 Å². The third-order valence-electron chi connectivity index (χ3n) is 3.48. The number of nitrogens with one attached hydrogen (secondary N) is 1. The second-order valence-corrected chi connectivity index (χ2v) is 4.60. The van der Waals surface area contributed by atoms with Gasteiger partial charge in [-0.1, -0.05) is 6.42 Å². The monoisotopic (exact) mass is 255 g/mol. The molecule has 1 aliphatic rings. The summed E-state index contributed by atoms with van der Waals surface area (Å²) in [6.07, 6.45) is 2.42. The molecule has 1 fully saturated rings. The van der Waals surface area contributed by atoms with Gasteiger partial charge in [0.15, 0.2) is 0 Å². The summed E-state index contributed by atoms with van der Waals surface area (Å²) in [4.78, 5) is 11.7. The average Bonchev–Trinajstić information content (AvgIpc) is 2.29. The molecule has 0 radical (unpaired) electrons. The minimum atomic E-state index is -0.658. The van der Waals surface area contributed by atoms with Crippen molar-refractivity contribution in [2.75, 3.05) is 19.0 Å². The molecule has 0 bridgehead atoms. The van der Waals surface area contributed by atoms with E-state index in [4.69, 9.17) is 4.74 Å². The summed E-state index contributed by atoms with van der Waals surface area (Å²) in [6.45, 7) is 0.308. The van der Waals surface area contributed by atoms with E-state index in [1.54, 1.807) is 0 Å². The van der Waals surface area contributed by atoms with Crippen LogP contribution in [-0.4, -0.2) is 19.6 Å². The Labute approximate surface area is 104 Å². The number of carbonyl (C=O) groups excluding carboxylic acids is 1. The van der Waals surface area contributed by atoms with Gasteiger partial charge in [0.25, 0.3) is 0 Å². The van der Waals surface area contributed by atoms with Gasteiger partial charge < -0.3 is 10.1 Å². The van der Waals surface area contributed by atoms with Crippen LogP contribution in [0.4, 0.5) is 14.5 Å². The molecular formula is C13H15F2NO2. The van der Waals surface area contributed by atoms with Gasteiger partial charge in [-0.05, 0) is 25.0 Å². The zero-order valence-corrected chi connectivity index (χ0v) is 10.1. The Morgan fingerprint density at radius 1 is 1.44 bits per heavy atom. The summed E-state index contributed by atoms with van der Waals surface area (Å²) in [5.41, 5.74) is -0.359. The first-order valence-corrected chi connectivity index (χ1v) is 5.85. The maximum atomic E-state index is 13.4.